The number of benzene rings is 1. The summed E-state index contributed by atoms with van der Waals surface area (Å²) in [7, 11) is -2.89. The normalized spacial score (nSPS) is 11.7. The molecule has 1 aromatic rings. The summed E-state index contributed by atoms with van der Waals surface area (Å²) in [6.07, 6.45) is 7.63. The minimum absolute atomic E-state index is 0.652. The molecule has 0 aromatic heterocycles. The van der Waals surface area contributed by atoms with Crippen molar-refractivity contribution >= 4 is 25.8 Å². The van der Waals surface area contributed by atoms with Gasteiger partial charge in [0.2, 0.25) is 0 Å². The highest BCUT2D eigenvalue weighted by molar-refractivity contribution is 6.92. The number of hydrogen-bond acceptors (Lipinski definition) is 2. The van der Waals surface area contributed by atoms with Crippen LogP contribution < -0.4 is 10.6 Å². The molecule has 0 aliphatic carbocycles. The van der Waals surface area contributed by atoms with Crippen molar-refractivity contribution in [2.75, 3.05) is 0 Å². The maximum Gasteiger partial charge on any atom is 0.488 e. The van der Waals surface area contributed by atoms with Crippen LogP contribution in [-0.2, 0) is 0 Å². The summed E-state index contributed by atoms with van der Waals surface area (Å²) in [5.74, 6) is 0. The average molecular weight is 320 g/mol. The number of rotatable bonds is 11. The van der Waals surface area contributed by atoms with E-state index in [-0.39, 0.29) is 0 Å². The first-order chi connectivity index (χ1) is 10.6. The van der Waals surface area contributed by atoms with Gasteiger partial charge in [-0.05, 0) is 5.46 Å². The van der Waals surface area contributed by atoms with E-state index >= 15 is 0 Å². The van der Waals surface area contributed by atoms with Crippen LogP contribution in [0.4, 0.5) is 0 Å². The lowest BCUT2D eigenvalue weighted by Gasteiger charge is -2.33. The van der Waals surface area contributed by atoms with E-state index in [9.17, 15) is 10.0 Å². The van der Waals surface area contributed by atoms with Gasteiger partial charge in [0.05, 0.1) is 8.07 Å². The fourth-order valence-corrected chi connectivity index (χ4v) is 9.01. The van der Waals surface area contributed by atoms with Crippen molar-refractivity contribution in [1.29, 1.82) is 0 Å². The molecular weight excluding hydrogens is 287 g/mol. The smallest absolute Gasteiger partial charge is 0.423 e. The lowest BCUT2D eigenvalue weighted by molar-refractivity contribution is 0.426. The standard InChI is InChI=1S/C18H33BO2Si/c1-4-7-13-22(14-8-5-2,15-9-6-3)18-12-10-11-17(16-18)19(20)21/h10-12,16,20-21H,4-9,13-15H2,1-3H3. The van der Waals surface area contributed by atoms with Gasteiger partial charge in [-0.25, -0.2) is 0 Å². The molecule has 0 radical (unpaired) electrons. The van der Waals surface area contributed by atoms with E-state index in [1.54, 1.807) is 0 Å². The third-order valence-corrected chi connectivity index (χ3v) is 10.3. The fourth-order valence-electron chi connectivity index (χ4n) is 3.38. The van der Waals surface area contributed by atoms with Gasteiger partial charge in [-0.2, -0.15) is 0 Å². The molecule has 0 unspecified atom stereocenters. The van der Waals surface area contributed by atoms with Gasteiger partial charge < -0.3 is 10.0 Å². The van der Waals surface area contributed by atoms with Crippen LogP contribution in [0.5, 0.6) is 0 Å². The highest BCUT2D eigenvalue weighted by Gasteiger charge is 2.33. The quantitative estimate of drug-likeness (QED) is 0.613. The largest absolute Gasteiger partial charge is 0.488 e. The summed E-state index contributed by atoms with van der Waals surface area (Å²) < 4.78 is 0. The Labute approximate surface area is 138 Å². The second-order valence-electron chi connectivity index (χ2n) is 6.59. The molecule has 0 saturated heterocycles. The summed E-state index contributed by atoms with van der Waals surface area (Å²) >= 11 is 0. The summed E-state index contributed by atoms with van der Waals surface area (Å²) in [4.78, 5) is 0. The van der Waals surface area contributed by atoms with Crippen LogP contribution in [0, 0.1) is 0 Å². The summed E-state index contributed by atoms with van der Waals surface area (Å²) in [5, 5.41) is 20.5. The van der Waals surface area contributed by atoms with Crippen LogP contribution in [0.1, 0.15) is 59.3 Å². The third-order valence-electron chi connectivity index (χ3n) is 4.82. The van der Waals surface area contributed by atoms with Gasteiger partial charge in [-0.1, -0.05) is 107 Å². The van der Waals surface area contributed by atoms with E-state index in [1.165, 1.54) is 61.8 Å². The molecule has 2 N–H and O–H groups in total. The average Bonchev–Trinajstić information content (AvgIpc) is 2.54. The molecule has 0 heterocycles. The first-order valence-electron chi connectivity index (χ1n) is 9.06. The fraction of sp³-hybridized carbons (Fsp3) is 0.667. The van der Waals surface area contributed by atoms with Crippen LogP contribution in [0.2, 0.25) is 18.1 Å². The molecule has 22 heavy (non-hydrogen) atoms. The first-order valence-corrected chi connectivity index (χ1v) is 11.7. The zero-order valence-corrected chi connectivity index (χ0v) is 15.6. The van der Waals surface area contributed by atoms with Crippen molar-refractivity contribution in [1.82, 2.24) is 0 Å². The molecule has 0 spiro atoms. The Morgan fingerprint density at radius 1 is 0.864 bits per heavy atom. The molecule has 0 amide bonds. The van der Waals surface area contributed by atoms with Crippen LogP contribution in [0.15, 0.2) is 24.3 Å². The van der Waals surface area contributed by atoms with Crippen LogP contribution in [0.3, 0.4) is 0 Å². The lowest BCUT2D eigenvalue weighted by atomic mass is 9.80. The molecule has 0 bridgehead atoms. The Hall–Kier alpha value is -0.578. The van der Waals surface area contributed by atoms with Crippen molar-refractivity contribution in [2.45, 2.75) is 77.4 Å². The maximum atomic E-state index is 9.51. The lowest BCUT2D eigenvalue weighted by Crippen LogP contribution is -2.49. The van der Waals surface area contributed by atoms with Crippen molar-refractivity contribution < 1.29 is 10.0 Å². The second kappa shape index (κ2) is 10.2. The predicted octanol–water partition coefficient (Wildman–Crippen LogP) is 3.42. The van der Waals surface area contributed by atoms with Gasteiger partial charge >= 0.3 is 7.12 Å². The summed E-state index contributed by atoms with van der Waals surface area (Å²) in [6, 6.07) is 12.2. The van der Waals surface area contributed by atoms with E-state index in [4.69, 9.17) is 0 Å². The maximum absolute atomic E-state index is 9.51. The Bertz CT molecular complexity index is 402. The third kappa shape index (κ3) is 5.56. The van der Waals surface area contributed by atoms with E-state index in [0.717, 1.165) is 0 Å². The molecule has 0 aliphatic heterocycles. The Morgan fingerprint density at radius 2 is 1.36 bits per heavy atom. The van der Waals surface area contributed by atoms with E-state index in [0.29, 0.717) is 5.46 Å². The molecule has 1 aromatic carbocycles. The van der Waals surface area contributed by atoms with Gasteiger partial charge in [-0.15, -0.1) is 0 Å². The molecule has 0 fully saturated rings. The molecule has 0 atom stereocenters. The van der Waals surface area contributed by atoms with Gasteiger partial charge in [0.25, 0.3) is 0 Å². The Kier molecular flexibility index (Phi) is 9.07. The zero-order valence-electron chi connectivity index (χ0n) is 14.6. The van der Waals surface area contributed by atoms with Crippen molar-refractivity contribution in [2.24, 2.45) is 0 Å². The van der Waals surface area contributed by atoms with E-state index < -0.39 is 15.2 Å². The van der Waals surface area contributed by atoms with Gasteiger partial charge in [0.1, 0.15) is 0 Å². The van der Waals surface area contributed by atoms with E-state index in [2.05, 4.69) is 32.9 Å². The van der Waals surface area contributed by atoms with Crippen molar-refractivity contribution in [3.05, 3.63) is 24.3 Å². The van der Waals surface area contributed by atoms with E-state index in [1.807, 2.05) is 12.1 Å². The zero-order chi connectivity index (χ0) is 16.4. The highest BCUT2D eigenvalue weighted by atomic mass is 28.3. The van der Waals surface area contributed by atoms with Crippen LogP contribution in [-0.4, -0.2) is 25.2 Å². The van der Waals surface area contributed by atoms with Crippen LogP contribution >= 0.6 is 0 Å². The number of hydrogen-bond donors (Lipinski definition) is 2. The molecule has 4 heteroatoms. The minimum Gasteiger partial charge on any atom is -0.423 e. The Balaban J connectivity index is 3.15. The van der Waals surface area contributed by atoms with Crippen LogP contribution in [0.25, 0.3) is 0 Å². The van der Waals surface area contributed by atoms with Crippen molar-refractivity contribution in [3.8, 4) is 0 Å². The minimum atomic E-state index is -1.53. The number of unbranched alkanes of at least 4 members (excludes halogenated alkanes) is 3. The Morgan fingerprint density at radius 3 is 1.77 bits per heavy atom. The molecule has 0 saturated carbocycles. The first kappa shape index (κ1) is 19.5. The molecule has 1 rings (SSSR count). The highest BCUT2D eigenvalue weighted by Crippen LogP contribution is 2.28. The molecular formula is C18H33BO2Si. The van der Waals surface area contributed by atoms with Gasteiger partial charge in [0, 0.05) is 0 Å². The van der Waals surface area contributed by atoms with Gasteiger partial charge in [0.15, 0.2) is 0 Å². The summed E-state index contributed by atoms with van der Waals surface area (Å²) in [5.41, 5.74) is 0.652. The topological polar surface area (TPSA) is 40.5 Å². The molecule has 0 aliphatic rings. The SMILES string of the molecule is CCCC[Si](CCCC)(CCCC)c1cccc(B(O)O)c1. The molecule has 124 valence electrons. The summed E-state index contributed by atoms with van der Waals surface area (Å²) in [6.45, 7) is 6.81. The second-order valence-corrected chi connectivity index (χ2v) is 11.2. The van der Waals surface area contributed by atoms with Crippen molar-refractivity contribution in [3.63, 3.8) is 0 Å². The molecule has 2 nitrogen and oxygen atoms in total. The van der Waals surface area contributed by atoms with Gasteiger partial charge in [-0.3, -0.25) is 0 Å². The monoisotopic (exact) mass is 320 g/mol. The predicted molar refractivity (Wildman–Crippen MR) is 101 cm³/mol.